The minimum Gasteiger partial charge on any atom is -0.493 e. The highest BCUT2D eigenvalue weighted by Gasteiger charge is 2.36. The van der Waals surface area contributed by atoms with Crippen LogP contribution in [0.3, 0.4) is 0 Å². The predicted molar refractivity (Wildman–Crippen MR) is 401 cm³/mol. The number of nitrogens with zero attached hydrogens (tertiary/aromatic N) is 6. The molecule has 1 fully saturated rings. The van der Waals surface area contributed by atoms with Gasteiger partial charge in [0.1, 0.15) is 24.4 Å². The first-order valence-electron chi connectivity index (χ1n) is 37.1. The molecule has 590 valence electrons. The van der Waals surface area contributed by atoms with Crippen LogP contribution in [0.1, 0.15) is 102 Å². The summed E-state index contributed by atoms with van der Waals surface area (Å²) in [6.07, 6.45) is 9.02. The Balaban J connectivity index is 0.566. The van der Waals surface area contributed by atoms with Crippen molar-refractivity contribution in [2.75, 3.05) is 163 Å². The van der Waals surface area contributed by atoms with Gasteiger partial charge in [0, 0.05) is 107 Å². The molecule has 0 aliphatic carbocycles. The number of nitrogens with one attached hydrogen (secondary N) is 4. The van der Waals surface area contributed by atoms with Crippen molar-refractivity contribution in [2.45, 2.75) is 110 Å². The molecule has 9 rings (SSSR count). The lowest BCUT2D eigenvalue weighted by Crippen LogP contribution is -2.53. The first kappa shape index (κ1) is 83.3. The summed E-state index contributed by atoms with van der Waals surface area (Å²) >= 11 is 0. The van der Waals surface area contributed by atoms with Crippen molar-refractivity contribution >= 4 is 88.5 Å². The number of aliphatic imine (C=N–C) groups is 2. The van der Waals surface area contributed by atoms with E-state index in [-0.39, 0.29) is 87.4 Å². The lowest BCUT2D eigenvalue weighted by atomic mass is 9.93. The van der Waals surface area contributed by atoms with Gasteiger partial charge in [-0.3, -0.25) is 58.1 Å². The van der Waals surface area contributed by atoms with Crippen LogP contribution in [0.15, 0.2) is 88.9 Å². The van der Waals surface area contributed by atoms with Crippen LogP contribution in [-0.4, -0.2) is 257 Å². The number of hydrogen-bond acceptors (Lipinski definition) is 23. The van der Waals surface area contributed by atoms with Crippen molar-refractivity contribution < 1.29 is 100.0 Å². The number of carbonyl (C=O) groups excluding carboxylic acids is 9. The molecule has 0 spiro atoms. The third kappa shape index (κ3) is 25.4. The second kappa shape index (κ2) is 43.5. The van der Waals surface area contributed by atoms with Crippen molar-refractivity contribution in [1.29, 1.82) is 0 Å². The SMILES string of the molecule is COc1cc2c(cc1OCCCOc1cc3c(cc1C)C(=O)N1CCCC1C=N3)N=CC1Cc3ccc(N(C)C(=O)OCc4ccc(NC(=O)[C@H](C)NC(=O)[C@@H](NC(=O)CCOCCOCCOCCOCCOCCOCCOCCOCCCNC(=O)CCN5C(=O)C=CC5=O)C(C)C)cc4)cc3CN1C2=O. The molecule has 4 aromatic rings. The summed E-state index contributed by atoms with van der Waals surface area (Å²) < 4.78 is 68.0. The van der Waals surface area contributed by atoms with Crippen molar-refractivity contribution in [1.82, 2.24) is 30.7 Å². The fourth-order valence-corrected chi connectivity index (χ4v) is 12.2. The molecule has 1 saturated heterocycles. The normalized spacial score (nSPS) is 16.0. The molecule has 5 aliphatic rings. The highest BCUT2D eigenvalue weighted by Crippen LogP contribution is 2.40. The number of rotatable bonds is 47. The summed E-state index contributed by atoms with van der Waals surface area (Å²) in [4.78, 5) is 131. The number of imide groups is 1. The van der Waals surface area contributed by atoms with Gasteiger partial charge in [-0.25, -0.2) is 4.79 Å². The van der Waals surface area contributed by atoms with Gasteiger partial charge in [-0.2, -0.15) is 0 Å². The van der Waals surface area contributed by atoms with Crippen molar-refractivity contribution in [3.8, 4) is 17.2 Å². The molecule has 4 N–H and O–H groups in total. The van der Waals surface area contributed by atoms with Crippen LogP contribution >= 0.6 is 0 Å². The average molecular weight is 1520 g/mol. The van der Waals surface area contributed by atoms with E-state index < -0.39 is 41.8 Å². The average Bonchev–Trinajstić information content (AvgIpc) is 1.70. The first-order chi connectivity index (χ1) is 52.8. The van der Waals surface area contributed by atoms with Gasteiger partial charge >= 0.3 is 6.09 Å². The molecule has 9 amide bonds. The van der Waals surface area contributed by atoms with E-state index in [2.05, 4.69) is 26.3 Å². The van der Waals surface area contributed by atoms with E-state index in [4.69, 9.17) is 61.8 Å². The number of anilines is 2. The van der Waals surface area contributed by atoms with Crippen LogP contribution in [0.5, 0.6) is 17.2 Å². The molecule has 0 aromatic heterocycles. The van der Waals surface area contributed by atoms with Gasteiger partial charge in [0.2, 0.25) is 23.6 Å². The predicted octanol–water partition coefficient (Wildman–Crippen LogP) is 6.16. The lowest BCUT2D eigenvalue weighted by molar-refractivity contribution is -0.137. The summed E-state index contributed by atoms with van der Waals surface area (Å²) in [5.41, 5.74) is 6.41. The van der Waals surface area contributed by atoms with E-state index in [9.17, 15) is 43.2 Å². The zero-order chi connectivity index (χ0) is 77.4. The standard InChI is InChI=1S/C78H102N10O21/c1-52(2)73(84-70(90)20-27-100-29-31-102-33-35-104-37-39-106-41-40-105-38-36-103-34-32-101-30-28-99-24-8-21-79-69(89)19-23-87-71(91)17-18-72(87)92)75(94)82-54(4)74(93)83-58-14-11-55(12-15-58)51-109-78(97)85(5)59-16-13-56-43-61-49-81-65-47-68(67(98-6)45-63(65)77(96)88(61)50-57(56)44-59)108-26-9-25-107-66-46-64-62(42-53(66)3)76(95)86-22-7-10-60(86)48-80-64/h11-18,42,44-49,52,54,60-61,73H,7-10,19-41,43,50-51H2,1-6H3,(H,79,89)(H,82,94)(H,83,93)(H,84,90)/t54-,60?,61?,73-/m0/s1. The molecule has 5 heterocycles. The summed E-state index contributed by atoms with van der Waals surface area (Å²) in [6, 6.07) is 17.3. The maximum absolute atomic E-state index is 14.3. The minimum absolute atomic E-state index is 0.000536. The van der Waals surface area contributed by atoms with Crippen LogP contribution < -0.4 is 40.4 Å². The number of aryl methyl sites for hydroxylation is 1. The molecule has 31 nitrogen and oxygen atoms in total. The number of carbonyl (C=O) groups is 9. The van der Waals surface area contributed by atoms with Gasteiger partial charge in [-0.15, -0.1) is 0 Å². The Hall–Kier alpha value is -9.73. The van der Waals surface area contributed by atoms with E-state index in [1.165, 1.54) is 24.2 Å². The zero-order valence-electron chi connectivity index (χ0n) is 63.0. The fraction of sp³-hybridized carbons (Fsp3) is 0.526. The van der Waals surface area contributed by atoms with Gasteiger partial charge in [0.25, 0.3) is 23.6 Å². The topological polar surface area (TPSA) is 350 Å². The van der Waals surface area contributed by atoms with Gasteiger partial charge in [-0.05, 0) is 104 Å². The van der Waals surface area contributed by atoms with Crippen LogP contribution in [0.25, 0.3) is 0 Å². The summed E-state index contributed by atoms with van der Waals surface area (Å²) in [5.74, 6) is -1.49. The molecular weight excluding hydrogens is 1410 g/mol. The number of fused-ring (bicyclic) bond motifs is 5. The molecule has 5 aliphatic heterocycles. The molecular formula is C78H102N10O21. The number of amides is 9. The van der Waals surface area contributed by atoms with E-state index in [0.717, 1.165) is 41.0 Å². The highest BCUT2D eigenvalue weighted by atomic mass is 16.6. The van der Waals surface area contributed by atoms with Crippen LogP contribution in [-0.2, 0) is 91.0 Å². The van der Waals surface area contributed by atoms with Gasteiger partial charge in [-0.1, -0.05) is 32.0 Å². The Morgan fingerprint density at radius 2 is 1.15 bits per heavy atom. The van der Waals surface area contributed by atoms with E-state index >= 15 is 0 Å². The van der Waals surface area contributed by atoms with Crippen LogP contribution in [0.2, 0.25) is 0 Å². The first-order valence-corrected chi connectivity index (χ1v) is 37.1. The third-order valence-corrected chi connectivity index (χ3v) is 18.4. The molecule has 109 heavy (non-hydrogen) atoms. The highest BCUT2D eigenvalue weighted by molar-refractivity contribution is 6.13. The third-order valence-electron chi connectivity index (χ3n) is 18.4. The van der Waals surface area contributed by atoms with Gasteiger partial charge in [0.15, 0.2) is 11.5 Å². The maximum atomic E-state index is 14.3. The smallest absolute Gasteiger partial charge is 0.414 e. The monoisotopic (exact) mass is 1510 g/mol. The quantitative estimate of drug-likeness (QED) is 0.0284. The Labute approximate surface area is 634 Å². The molecule has 4 atom stereocenters. The maximum Gasteiger partial charge on any atom is 0.414 e. The molecule has 31 heteroatoms. The number of hydrogen-bond donors (Lipinski definition) is 4. The Morgan fingerprint density at radius 1 is 0.578 bits per heavy atom. The number of ether oxygens (including phenoxy) is 12. The summed E-state index contributed by atoms with van der Waals surface area (Å²) in [7, 11) is 3.13. The Morgan fingerprint density at radius 3 is 1.76 bits per heavy atom. The number of benzene rings is 4. The Kier molecular flexibility index (Phi) is 33.2. The fourth-order valence-electron chi connectivity index (χ4n) is 12.2. The second-order valence-electron chi connectivity index (χ2n) is 26.7. The molecule has 0 bridgehead atoms. The minimum atomic E-state index is -0.959. The second-order valence-corrected chi connectivity index (χ2v) is 26.7. The van der Waals surface area contributed by atoms with E-state index in [1.807, 2.05) is 48.4 Å². The van der Waals surface area contributed by atoms with Crippen LogP contribution in [0, 0.1) is 12.8 Å². The summed E-state index contributed by atoms with van der Waals surface area (Å²) in [6.45, 7) is 15.0. The molecule has 0 saturated carbocycles. The number of methoxy groups -OCH3 is 1. The Bertz CT molecular complexity index is 3830. The molecule has 0 radical (unpaired) electrons. The largest absolute Gasteiger partial charge is 0.493 e. The van der Waals surface area contributed by atoms with Crippen molar-refractivity contribution in [3.05, 3.63) is 112 Å². The zero-order valence-corrected chi connectivity index (χ0v) is 63.0. The summed E-state index contributed by atoms with van der Waals surface area (Å²) in [5, 5.41) is 11.0. The van der Waals surface area contributed by atoms with Crippen molar-refractivity contribution in [2.24, 2.45) is 15.9 Å². The van der Waals surface area contributed by atoms with Crippen LogP contribution in [0.4, 0.5) is 27.5 Å². The van der Waals surface area contributed by atoms with Gasteiger partial charge in [0.05, 0.1) is 154 Å². The molecule has 2 unspecified atom stereocenters. The van der Waals surface area contributed by atoms with E-state index in [0.29, 0.717) is 188 Å². The van der Waals surface area contributed by atoms with Crippen molar-refractivity contribution in [3.63, 3.8) is 0 Å². The van der Waals surface area contributed by atoms with Gasteiger partial charge < -0.3 is 87.9 Å². The molecule has 4 aromatic carbocycles. The van der Waals surface area contributed by atoms with E-state index in [1.54, 1.807) is 75.3 Å². The lowest BCUT2D eigenvalue weighted by Gasteiger charge is -2.34.